The van der Waals surface area contributed by atoms with Crippen molar-refractivity contribution in [2.24, 2.45) is 7.05 Å². The molecule has 0 radical (unpaired) electrons. The fraction of sp³-hybridized carbons (Fsp3) is 0.308. The van der Waals surface area contributed by atoms with Crippen LogP contribution in [0.4, 0.5) is 0 Å². The first-order valence-electron chi connectivity index (χ1n) is 6.52. The first-order valence-corrected chi connectivity index (χ1v) is 8.72. The van der Waals surface area contributed by atoms with Crippen molar-refractivity contribution in [1.29, 1.82) is 5.26 Å². The number of esters is 1. The molecule has 120 valence electrons. The van der Waals surface area contributed by atoms with Crippen molar-refractivity contribution >= 4 is 34.2 Å². The van der Waals surface area contributed by atoms with E-state index >= 15 is 0 Å². The Morgan fingerprint density at radius 3 is 3.00 bits per heavy atom. The summed E-state index contributed by atoms with van der Waals surface area (Å²) in [5, 5.41) is 21.9. The molecule has 0 spiro atoms. The van der Waals surface area contributed by atoms with Crippen LogP contribution in [0.3, 0.4) is 0 Å². The highest BCUT2D eigenvalue weighted by Crippen LogP contribution is 2.20. The first kappa shape index (κ1) is 17.0. The summed E-state index contributed by atoms with van der Waals surface area (Å²) in [6.07, 6.45) is 1.46. The van der Waals surface area contributed by atoms with Gasteiger partial charge in [0.15, 0.2) is 0 Å². The molecule has 10 heteroatoms. The van der Waals surface area contributed by atoms with Crippen LogP contribution in [0.15, 0.2) is 22.2 Å². The van der Waals surface area contributed by atoms with Gasteiger partial charge in [-0.2, -0.15) is 5.26 Å². The fourth-order valence-corrected chi connectivity index (χ4v) is 3.67. The van der Waals surface area contributed by atoms with Gasteiger partial charge in [0.25, 0.3) is 0 Å². The van der Waals surface area contributed by atoms with E-state index in [9.17, 15) is 9.00 Å². The molecule has 0 aliphatic carbocycles. The van der Waals surface area contributed by atoms with Crippen LogP contribution in [0.5, 0.6) is 0 Å². The Morgan fingerprint density at radius 1 is 1.61 bits per heavy atom. The van der Waals surface area contributed by atoms with Crippen LogP contribution < -0.4 is 0 Å². The molecular weight excluding hydrogens is 338 g/mol. The van der Waals surface area contributed by atoms with Crippen molar-refractivity contribution in [2.75, 3.05) is 6.61 Å². The zero-order valence-corrected chi connectivity index (χ0v) is 14.1. The molecule has 1 atom stereocenters. The standard InChI is InChI=1S/C13H13N5O3S2/c1-3-21-12(19)10(6-14)5-11-4-9(7-22-11)8-23(20)13-15-16-17-18(13)2/h4-5,7H,3,8H2,1-2H3/b10-5+. The van der Waals surface area contributed by atoms with Gasteiger partial charge in [-0.3, -0.25) is 4.21 Å². The van der Waals surface area contributed by atoms with Crippen molar-refractivity contribution in [3.63, 3.8) is 0 Å². The molecule has 0 saturated carbocycles. The number of tetrazole rings is 1. The lowest BCUT2D eigenvalue weighted by atomic mass is 10.2. The summed E-state index contributed by atoms with van der Waals surface area (Å²) < 4.78 is 18.3. The lowest BCUT2D eigenvalue weighted by Gasteiger charge is -1.98. The van der Waals surface area contributed by atoms with Crippen LogP contribution in [0.1, 0.15) is 17.4 Å². The number of thiophene rings is 1. The van der Waals surface area contributed by atoms with Gasteiger partial charge in [-0.25, -0.2) is 9.48 Å². The van der Waals surface area contributed by atoms with E-state index in [1.165, 1.54) is 22.1 Å². The average Bonchev–Trinajstić information content (AvgIpc) is 3.13. The van der Waals surface area contributed by atoms with Crippen molar-refractivity contribution in [1.82, 2.24) is 20.2 Å². The van der Waals surface area contributed by atoms with Crippen molar-refractivity contribution in [2.45, 2.75) is 17.8 Å². The van der Waals surface area contributed by atoms with Crippen LogP contribution in [0, 0.1) is 11.3 Å². The van der Waals surface area contributed by atoms with E-state index in [4.69, 9.17) is 10.00 Å². The maximum absolute atomic E-state index is 12.2. The largest absolute Gasteiger partial charge is 0.462 e. The molecule has 0 bridgehead atoms. The van der Waals surface area contributed by atoms with Gasteiger partial charge in [0.05, 0.1) is 23.2 Å². The molecular formula is C13H13N5O3S2. The molecule has 2 aromatic rings. The summed E-state index contributed by atoms with van der Waals surface area (Å²) in [5.74, 6) is -0.404. The Morgan fingerprint density at radius 2 is 2.39 bits per heavy atom. The van der Waals surface area contributed by atoms with Crippen LogP contribution in [-0.2, 0) is 33.1 Å². The van der Waals surface area contributed by atoms with E-state index in [0.717, 1.165) is 5.56 Å². The van der Waals surface area contributed by atoms with E-state index in [1.54, 1.807) is 20.0 Å². The molecule has 2 rings (SSSR count). The van der Waals surface area contributed by atoms with Crippen LogP contribution in [-0.4, -0.2) is 37.0 Å². The smallest absolute Gasteiger partial charge is 0.348 e. The Kier molecular flexibility index (Phi) is 5.72. The number of ether oxygens (including phenoxy) is 1. The number of carbonyl (C=O) groups is 1. The molecule has 0 N–H and O–H groups in total. The van der Waals surface area contributed by atoms with Gasteiger partial charge >= 0.3 is 5.97 Å². The monoisotopic (exact) mass is 351 g/mol. The third-order valence-corrected chi connectivity index (χ3v) is 4.94. The lowest BCUT2D eigenvalue weighted by Crippen LogP contribution is -2.05. The molecule has 0 amide bonds. The van der Waals surface area contributed by atoms with E-state index in [-0.39, 0.29) is 23.1 Å². The molecule has 1 unspecified atom stereocenters. The Bertz CT molecular complexity index is 803. The average molecular weight is 351 g/mol. The number of hydrogen-bond acceptors (Lipinski definition) is 8. The van der Waals surface area contributed by atoms with Gasteiger partial charge in [-0.15, -0.1) is 11.3 Å². The summed E-state index contributed by atoms with van der Waals surface area (Å²) in [6.45, 7) is 1.88. The first-order chi connectivity index (χ1) is 11.0. The van der Waals surface area contributed by atoms with Crippen LogP contribution >= 0.6 is 11.3 Å². The highest BCUT2D eigenvalue weighted by Gasteiger charge is 2.14. The van der Waals surface area contributed by atoms with Crippen molar-refractivity contribution in [3.05, 3.63) is 27.5 Å². The zero-order chi connectivity index (χ0) is 16.8. The van der Waals surface area contributed by atoms with Gasteiger partial charge < -0.3 is 4.74 Å². The number of hydrogen-bond donors (Lipinski definition) is 0. The molecule has 0 fully saturated rings. The summed E-state index contributed by atoms with van der Waals surface area (Å²) in [5.41, 5.74) is 0.739. The third kappa shape index (κ3) is 4.30. The number of nitrogens with zero attached hydrogens (tertiary/aromatic N) is 5. The maximum atomic E-state index is 12.2. The number of carbonyl (C=O) groups excluding carboxylic acids is 1. The Hall–Kier alpha value is -2.38. The van der Waals surface area contributed by atoms with E-state index in [0.29, 0.717) is 4.88 Å². The molecule has 2 heterocycles. The van der Waals surface area contributed by atoms with E-state index < -0.39 is 16.8 Å². The van der Waals surface area contributed by atoms with Gasteiger partial charge in [0, 0.05) is 11.9 Å². The highest BCUT2D eigenvalue weighted by molar-refractivity contribution is 7.84. The summed E-state index contributed by atoms with van der Waals surface area (Å²) in [6, 6.07) is 3.59. The second-order valence-corrected chi connectivity index (χ2v) is 6.61. The minimum atomic E-state index is -1.37. The van der Waals surface area contributed by atoms with Crippen LogP contribution in [0.2, 0.25) is 0 Å². The van der Waals surface area contributed by atoms with Crippen molar-refractivity contribution < 1.29 is 13.7 Å². The third-order valence-electron chi connectivity index (χ3n) is 2.66. The quantitative estimate of drug-likeness (QED) is 0.434. The van der Waals surface area contributed by atoms with Crippen molar-refractivity contribution in [3.8, 4) is 6.07 Å². The minimum Gasteiger partial charge on any atom is -0.462 e. The van der Waals surface area contributed by atoms with E-state index in [2.05, 4.69) is 15.5 Å². The number of nitriles is 1. The lowest BCUT2D eigenvalue weighted by molar-refractivity contribution is -0.137. The fourth-order valence-electron chi connectivity index (χ4n) is 1.66. The summed E-state index contributed by atoms with van der Waals surface area (Å²) in [7, 11) is 0.247. The predicted octanol–water partition coefficient (Wildman–Crippen LogP) is 1.05. The van der Waals surface area contributed by atoms with E-state index in [1.807, 2.05) is 11.4 Å². The second kappa shape index (κ2) is 7.75. The zero-order valence-electron chi connectivity index (χ0n) is 12.4. The summed E-state index contributed by atoms with van der Waals surface area (Å²) >= 11 is 1.34. The maximum Gasteiger partial charge on any atom is 0.348 e. The van der Waals surface area contributed by atoms with Crippen LogP contribution in [0.25, 0.3) is 6.08 Å². The van der Waals surface area contributed by atoms with Gasteiger partial charge in [-0.1, -0.05) is 5.10 Å². The highest BCUT2D eigenvalue weighted by atomic mass is 32.2. The summed E-state index contributed by atoms with van der Waals surface area (Å²) in [4.78, 5) is 12.3. The molecule has 8 nitrogen and oxygen atoms in total. The number of aryl methyl sites for hydroxylation is 1. The normalized spacial score (nSPS) is 12.7. The van der Waals surface area contributed by atoms with Gasteiger partial charge in [0.1, 0.15) is 11.6 Å². The number of rotatable bonds is 6. The molecule has 0 aromatic carbocycles. The minimum absolute atomic E-state index is 0.0705. The Labute approximate surface area is 138 Å². The molecule has 2 aromatic heterocycles. The SMILES string of the molecule is CCOC(=O)/C(C#N)=C/c1cc(CS(=O)c2nnnn2C)cs1. The molecule has 0 aliphatic heterocycles. The topological polar surface area (TPSA) is 111 Å². The molecule has 0 saturated heterocycles. The number of aromatic nitrogens is 4. The van der Waals surface area contributed by atoms with Gasteiger partial charge in [0.2, 0.25) is 5.16 Å². The second-order valence-electron chi connectivity index (χ2n) is 4.32. The predicted molar refractivity (Wildman–Crippen MR) is 83.5 cm³/mol. The van der Waals surface area contributed by atoms with Gasteiger partial charge in [-0.05, 0) is 40.4 Å². The molecule has 23 heavy (non-hydrogen) atoms. The molecule has 0 aliphatic rings. The Balaban J connectivity index is 2.12.